The molecule has 16 heavy (non-hydrogen) atoms. The maximum absolute atomic E-state index is 10.8. The molecule has 0 saturated heterocycles. The van der Waals surface area contributed by atoms with E-state index >= 15 is 0 Å². The van der Waals surface area contributed by atoms with Crippen LogP contribution in [0.3, 0.4) is 0 Å². The molecule has 1 atom stereocenters. The molecule has 5 nitrogen and oxygen atoms in total. The normalized spacial score (nSPS) is 12.4. The Labute approximate surface area is 98.4 Å². The smallest absolute Gasteiger partial charge is 0.309 e. The van der Waals surface area contributed by atoms with Crippen LogP contribution in [0, 0.1) is 5.41 Å². The fourth-order valence-electron chi connectivity index (χ4n) is 0.796. The first kappa shape index (κ1) is 15.8. The van der Waals surface area contributed by atoms with Gasteiger partial charge in [0.15, 0.2) is 6.79 Å². The van der Waals surface area contributed by atoms with E-state index in [4.69, 9.17) is 18.9 Å². The molecule has 0 aromatic heterocycles. The molecule has 0 amide bonds. The molecule has 0 aromatic rings. The lowest BCUT2D eigenvalue weighted by atomic mass is 9.90. The van der Waals surface area contributed by atoms with Gasteiger partial charge in [-0.1, -0.05) is 6.92 Å². The Morgan fingerprint density at radius 1 is 1.31 bits per heavy atom. The number of carboxylic acid groups (broad SMARTS) is 1. The zero-order valence-electron chi connectivity index (χ0n) is 10.2. The second kappa shape index (κ2) is 8.88. The summed E-state index contributed by atoms with van der Waals surface area (Å²) in [7, 11) is -0.562. The highest BCUT2D eigenvalue weighted by molar-refractivity contribution is 7.26. The zero-order valence-corrected chi connectivity index (χ0v) is 11.3. The van der Waals surface area contributed by atoms with Gasteiger partial charge in [0, 0.05) is 6.61 Å². The van der Waals surface area contributed by atoms with Gasteiger partial charge in [-0.15, -0.1) is 0 Å². The average Bonchev–Trinajstić information content (AvgIpc) is 2.21. The highest BCUT2D eigenvalue weighted by Crippen LogP contribution is 2.23. The molecule has 0 heterocycles. The summed E-state index contributed by atoms with van der Waals surface area (Å²) in [6, 6.07) is 0. The number of hydrogen-bond acceptors (Lipinski definition) is 4. The quantitative estimate of drug-likeness (QED) is 0.367. The molecule has 0 aliphatic carbocycles. The van der Waals surface area contributed by atoms with Crippen molar-refractivity contribution in [3.05, 3.63) is 0 Å². The molecule has 0 aliphatic rings. The summed E-state index contributed by atoms with van der Waals surface area (Å²) in [5, 5.41) is 8.84. The van der Waals surface area contributed by atoms with Gasteiger partial charge in [-0.25, -0.2) is 4.52 Å². The second-order valence-electron chi connectivity index (χ2n) is 4.10. The molecule has 0 fully saturated rings. The van der Waals surface area contributed by atoms with E-state index in [2.05, 4.69) is 0 Å². The summed E-state index contributed by atoms with van der Waals surface area (Å²) < 4.78 is 15.4. The fraction of sp³-hybridized carbons (Fsp3) is 0.900. The van der Waals surface area contributed by atoms with Crippen molar-refractivity contribution >= 4 is 15.0 Å². The van der Waals surface area contributed by atoms with Crippen LogP contribution in [-0.2, 0) is 18.6 Å². The van der Waals surface area contributed by atoms with Gasteiger partial charge in [0.05, 0.1) is 12.0 Å². The van der Waals surface area contributed by atoms with E-state index in [0.717, 1.165) is 6.42 Å². The van der Waals surface area contributed by atoms with Crippen molar-refractivity contribution in [3.8, 4) is 0 Å². The van der Waals surface area contributed by atoms with Gasteiger partial charge >= 0.3 is 5.97 Å². The molecule has 0 radical (unpaired) electrons. The van der Waals surface area contributed by atoms with Crippen LogP contribution in [0.2, 0.25) is 0 Å². The maximum Gasteiger partial charge on any atom is 0.309 e. The molecular formula is C10H22O5P+. The topological polar surface area (TPSA) is 65.0 Å². The molecule has 0 aromatic carbocycles. The minimum Gasteiger partial charge on any atom is -0.481 e. The summed E-state index contributed by atoms with van der Waals surface area (Å²) in [4.78, 5) is 10.8. The number of rotatable bonds is 10. The van der Waals surface area contributed by atoms with Gasteiger partial charge in [-0.3, -0.25) is 4.79 Å². The van der Waals surface area contributed by atoms with Gasteiger partial charge in [-0.05, 0) is 26.7 Å². The lowest BCUT2D eigenvalue weighted by Gasteiger charge is -2.16. The summed E-state index contributed by atoms with van der Waals surface area (Å²) in [5.41, 5.74) is -0.738. The van der Waals surface area contributed by atoms with Crippen molar-refractivity contribution in [1.29, 1.82) is 0 Å². The van der Waals surface area contributed by atoms with Crippen LogP contribution in [0.25, 0.3) is 0 Å². The Kier molecular flexibility index (Phi) is 8.76. The van der Waals surface area contributed by atoms with E-state index in [1.807, 2.05) is 6.92 Å². The molecule has 0 saturated carbocycles. The molecule has 1 N–H and O–H groups in total. The van der Waals surface area contributed by atoms with Crippen molar-refractivity contribution < 1.29 is 23.7 Å². The number of carboxylic acids is 1. The fourth-order valence-corrected chi connectivity index (χ4v) is 1.26. The molecule has 0 aliphatic heterocycles. The summed E-state index contributed by atoms with van der Waals surface area (Å²) in [6.45, 7) is 6.73. The molecule has 0 bridgehead atoms. The second-order valence-corrected chi connectivity index (χ2v) is 4.96. The first-order valence-corrected chi connectivity index (χ1v) is 6.31. The number of aliphatic carboxylic acids is 1. The highest BCUT2D eigenvalue weighted by Gasteiger charge is 2.26. The maximum atomic E-state index is 10.8. The molecule has 0 rings (SSSR count). The molecule has 6 heteroatoms. The average molecular weight is 253 g/mol. The lowest BCUT2D eigenvalue weighted by Crippen LogP contribution is -2.24. The van der Waals surface area contributed by atoms with Crippen LogP contribution in [0.4, 0.5) is 0 Å². The van der Waals surface area contributed by atoms with E-state index in [1.54, 1.807) is 13.8 Å². The number of hydrogen-bond donors (Lipinski definition) is 1. The summed E-state index contributed by atoms with van der Waals surface area (Å²) in [6.07, 6.45) is 1.45. The van der Waals surface area contributed by atoms with Crippen LogP contribution >= 0.6 is 9.03 Å². The van der Waals surface area contributed by atoms with Crippen LogP contribution in [0.15, 0.2) is 0 Å². The van der Waals surface area contributed by atoms with Gasteiger partial charge in [0.1, 0.15) is 0 Å². The lowest BCUT2D eigenvalue weighted by molar-refractivity contribution is -0.147. The first-order valence-electron chi connectivity index (χ1n) is 5.36. The van der Waals surface area contributed by atoms with E-state index in [-0.39, 0.29) is 6.79 Å². The van der Waals surface area contributed by atoms with Gasteiger partial charge in [0.2, 0.25) is 0 Å². The van der Waals surface area contributed by atoms with Crippen molar-refractivity contribution in [2.75, 3.05) is 20.0 Å². The Hall–Kier alpha value is -0.220. The van der Waals surface area contributed by atoms with Crippen LogP contribution in [0.5, 0.6) is 0 Å². The predicted molar refractivity (Wildman–Crippen MR) is 63.9 cm³/mol. The van der Waals surface area contributed by atoms with Crippen LogP contribution in [0.1, 0.15) is 33.6 Å². The molecule has 96 valence electrons. The van der Waals surface area contributed by atoms with E-state index in [1.165, 1.54) is 0 Å². The third kappa shape index (κ3) is 7.99. The van der Waals surface area contributed by atoms with E-state index < -0.39 is 20.4 Å². The Morgan fingerprint density at radius 3 is 2.56 bits per heavy atom. The highest BCUT2D eigenvalue weighted by atomic mass is 31.1. The van der Waals surface area contributed by atoms with Gasteiger partial charge in [-0.2, -0.15) is 4.52 Å². The summed E-state index contributed by atoms with van der Waals surface area (Å²) in [5.74, 6) is -0.807. The van der Waals surface area contributed by atoms with E-state index in [0.29, 0.717) is 19.6 Å². The van der Waals surface area contributed by atoms with Crippen molar-refractivity contribution in [2.24, 2.45) is 5.41 Å². The van der Waals surface area contributed by atoms with E-state index in [9.17, 15) is 4.79 Å². The Balaban J connectivity index is 3.30. The third-order valence-corrected chi connectivity index (χ3v) is 2.70. The number of ether oxygens (including phenoxy) is 1. The molecule has 1 unspecified atom stereocenters. The standard InChI is InChI=1S/C10H21O5P/c1-4-6-13-8-15-16-14-7-5-10(2,3)9(11)12/h4-8,16H2,1-3H3/p+1. The molecular weight excluding hydrogens is 231 g/mol. The van der Waals surface area contributed by atoms with Crippen LogP contribution < -0.4 is 0 Å². The zero-order chi connectivity index (χ0) is 12.4. The van der Waals surface area contributed by atoms with Crippen molar-refractivity contribution in [3.63, 3.8) is 0 Å². The molecule has 0 spiro atoms. The SMILES string of the molecule is CCCOCO[PH2+]OCCC(C)(C)C(=O)O. The first-order chi connectivity index (χ1) is 7.50. The number of carbonyl (C=O) groups is 1. The largest absolute Gasteiger partial charge is 0.481 e. The van der Waals surface area contributed by atoms with Crippen molar-refractivity contribution in [2.45, 2.75) is 33.6 Å². The monoisotopic (exact) mass is 253 g/mol. The Morgan fingerprint density at radius 2 is 2.00 bits per heavy atom. The van der Waals surface area contributed by atoms with Crippen LogP contribution in [-0.4, -0.2) is 31.1 Å². The van der Waals surface area contributed by atoms with Crippen molar-refractivity contribution in [1.82, 2.24) is 0 Å². The van der Waals surface area contributed by atoms with Gasteiger partial charge < -0.3 is 9.84 Å². The summed E-state index contributed by atoms with van der Waals surface area (Å²) >= 11 is 0. The third-order valence-electron chi connectivity index (χ3n) is 2.06. The predicted octanol–water partition coefficient (Wildman–Crippen LogP) is 2.15. The minimum absolute atomic E-state index is 0.255. The van der Waals surface area contributed by atoms with Gasteiger partial charge in [0.25, 0.3) is 9.03 Å². The Bertz CT molecular complexity index is 196. The minimum atomic E-state index is -0.807.